The monoisotopic (exact) mass is 277 g/mol. The molecule has 0 aliphatic carbocycles. The van der Waals surface area contributed by atoms with Crippen molar-refractivity contribution in [3.63, 3.8) is 0 Å². The van der Waals surface area contributed by atoms with E-state index in [9.17, 15) is 5.11 Å². The van der Waals surface area contributed by atoms with Crippen molar-refractivity contribution in [2.75, 3.05) is 12.4 Å². The van der Waals surface area contributed by atoms with Gasteiger partial charge in [0.25, 0.3) is 0 Å². The molecule has 0 fully saturated rings. The SMILES string of the molecule is CNc1cc2ccccc2cc1C(O)c1ccc(C)cc1. The lowest BCUT2D eigenvalue weighted by atomic mass is 9.96. The predicted octanol–water partition coefficient (Wildman–Crippen LogP) is 4.27. The molecular formula is C19H19NO. The zero-order valence-electron chi connectivity index (χ0n) is 12.3. The third-order valence-electron chi connectivity index (χ3n) is 3.87. The largest absolute Gasteiger partial charge is 0.388 e. The average Bonchev–Trinajstić information content (AvgIpc) is 2.53. The number of nitrogens with one attached hydrogen (secondary N) is 1. The normalized spacial score (nSPS) is 12.3. The molecule has 0 radical (unpaired) electrons. The lowest BCUT2D eigenvalue weighted by Crippen LogP contribution is -2.04. The van der Waals surface area contributed by atoms with Gasteiger partial charge in [0, 0.05) is 18.3 Å². The summed E-state index contributed by atoms with van der Waals surface area (Å²) in [5, 5.41) is 16.2. The van der Waals surface area contributed by atoms with Crippen molar-refractivity contribution in [2.45, 2.75) is 13.0 Å². The van der Waals surface area contributed by atoms with Gasteiger partial charge in [-0.1, -0.05) is 54.1 Å². The van der Waals surface area contributed by atoms with Gasteiger partial charge in [-0.2, -0.15) is 0 Å². The third kappa shape index (κ3) is 2.63. The maximum absolute atomic E-state index is 10.7. The van der Waals surface area contributed by atoms with Crippen LogP contribution in [0.25, 0.3) is 10.8 Å². The van der Waals surface area contributed by atoms with Crippen LogP contribution in [0, 0.1) is 6.92 Å². The van der Waals surface area contributed by atoms with Crippen LogP contribution in [0.4, 0.5) is 5.69 Å². The number of aliphatic hydroxyl groups excluding tert-OH is 1. The Kier molecular flexibility index (Phi) is 3.63. The molecule has 0 amide bonds. The molecular weight excluding hydrogens is 258 g/mol. The fraction of sp³-hybridized carbons (Fsp3) is 0.158. The number of anilines is 1. The van der Waals surface area contributed by atoms with E-state index in [0.717, 1.165) is 22.2 Å². The first kappa shape index (κ1) is 13.7. The molecule has 0 aliphatic heterocycles. The van der Waals surface area contributed by atoms with E-state index < -0.39 is 6.10 Å². The van der Waals surface area contributed by atoms with Gasteiger partial charge in [-0.15, -0.1) is 0 Å². The molecule has 0 aromatic heterocycles. The van der Waals surface area contributed by atoms with Crippen molar-refractivity contribution < 1.29 is 5.11 Å². The summed E-state index contributed by atoms with van der Waals surface area (Å²) < 4.78 is 0. The molecule has 0 saturated carbocycles. The van der Waals surface area contributed by atoms with Crippen molar-refractivity contribution in [3.05, 3.63) is 77.4 Å². The molecule has 0 aliphatic rings. The Balaban J connectivity index is 2.11. The van der Waals surface area contributed by atoms with Crippen molar-refractivity contribution >= 4 is 16.5 Å². The minimum atomic E-state index is -0.627. The number of aliphatic hydroxyl groups is 1. The van der Waals surface area contributed by atoms with Gasteiger partial charge >= 0.3 is 0 Å². The zero-order valence-corrected chi connectivity index (χ0v) is 12.3. The van der Waals surface area contributed by atoms with Crippen LogP contribution in [0.5, 0.6) is 0 Å². The summed E-state index contributed by atoms with van der Waals surface area (Å²) in [5.41, 5.74) is 3.97. The fourth-order valence-corrected chi connectivity index (χ4v) is 2.63. The standard InChI is InChI=1S/C19H19NO/c1-13-7-9-14(10-8-13)19(21)17-11-15-5-3-4-6-16(15)12-18(17)20-2/h3-12,19-21H,1-2H3. The summed E-state index contributed by atoms with van der Waals surface area (Å²) in [6.07, 6.45) is -0.627. The first-order valence-corrected chi connectivity index (χ1v) is 7.14. The molecule has 0 bridgehead atoms. The Morgan fingerprint density at radius 2 is 1.52 bits per heavy atom. The number of hydrogen-bond acceptors (Lipinski definition) is 2. The number of hydrogen-bond donors (Lipinski definition) is 2. The van der Waals surface area contributed by atoms with E-state index in [1.165, 1.54) is 10.9 Å². The smallest absolute Gasteiger partial charge is 0.106 e. The van der Waals surface area contributed by atoms with Gasteiger partial charge in [-0.05, 0) is 35.4 Å². The predicted molar refractivity (Wildman–Crippen MR) is 88.7 cm³/mol. The van der Waals surface area contributed by atoms with Gasteiger partial charge in [0.2, 0.25) is 0 Å². The number of aryl methyl sites for hydroxylation is 1. The molecule has 1 atom stereocenters. The second-order valence-electron chi connectivity index (χ2n) is 5.35. The van der Waals surface area contributed by atoms with Crippen LogP contribution in [0.3, 0.4) is 0 Å². The molecule has 3 aromatic rings. The Labute approximate surface area is 125 Å². The lowest BCUT2D eigenvalue weighted by molar-refractivity contribution is 0.221. The van der Waals surface area contributed by atoms with Crippen LogP contribution in [0.15, 0.2) is 60.7 Å². The minimum absolute atomic E-state index is 0.627. The Bertz CT molecular complexity index is 762. The van der Waals surface area contributed by atoms with Gasteiger partial charge in [0.1, 0.15) is 6.10 Å². The quantitative estimate of drug-likeness (QED) is 0.749. The van der Waals surface area contributed by atoms with Crippen LogP contribution in [-0.4, -0.2) is 12.2 Å². The highest BCUT2D eigenvalue weighted by Crippen LogP contribution is 2.32. The molecule has 2 heteroatoms. The van der Waals surface area contributed by atoms with Crippen LogP contribution in [0.1, 0.15) is 22.8 Å². The highest BCUT2D eigenvalue weighted by Gasteiger charge is 2.15. The van der Waals surface area contributed by atoms with E-state index in [1.54, 1.807) is 0 Å². The van der Waals surface area contributed by atoms with E-state index in [0.29, 0.717) is 0 Å². The zero-order chi connectivity index (χ0) is 14.8. The summed E-state index contributed by atoms with van der Waals surface area (Å²) >= 11 is 0. The first-order valence-electron chi connectivity index (χ1n) is 7.14. The van der Waals surface area contributed by atoms with Crippen molar-refractivity contribution in [1.29, 1.82) is 0 Å². The van der Waals surface area contributed by atoms with Gasteiger partial charge in [0.05, 0.1) is 0 Å². The van der Waals surface area contributed by atoms with Crippen molar-refractivity contribution in [1.82, 2.24) is 0 Å². The summed E-state index contributed by atoms with van der Waals surface area (Å²) in [7, 11) is 1.88. The summed E-state index contributed by atoms with van der Waals surface area (Å²) in [5.74, 6) is 0. The summed E-state index contributed by atoms with van der Waals surface area (Å²) in [4.78, 5) is 0. The van der Waals surface area contributed by atoms with Crippen LogP contribution in [-0.2, 0) is 0 Å². The molecule has 106 valence electrons. The Morgan fingerprint density at radius 3 is 2.14 bits per heavy atom. The topological polar surface area (TPSA) is 32.3 Å². The Morgan fingerprint density at radius 1 is 0.905 bits per heavy atom. The highest BCUT2D eigenvalue weighted by molar-refractivity contribution is 5.87. The van der Waals surface area contributed by atoms with Gasteiger partial charge in [-0.3, -0.25) is 0 Å². The van der Waals surface area contributed by atoms with E-state index in [2.05, 4.69) is 29.6 Å². The fourth-order valence-electron chi connectivity index (χ4n) is 2.63. The molecule has 3 rings (SSSR count). The maximum Gasteiger partial charge on any atom is 0.106 e. The molecule has 0 heterocycles. The second-order valence-corrected chi connectivity index (χ2v) is 5.35. The average molecular weight is 277 g/mol. The molecule has 3 aromatic carbocycles. The number of rotatable bonds is 3. The molecule has 0 saturated heterocycles. The van der Waals surface area contributed by atoms with Crippen molar-refractivity contribution in [2.24, 2.45) is 0 Å². The van der Waals surface area contributed by atoms with Gasteiger partial charge in [0.15, 0.2) is 0 Å². The van der Waals surface area contributed by atoms with Crippen LogP contribution < -0.4 is 5.32 Å². The van der Waals surface area contributed by atoms with E-state index in [1.807, 2.05) is 50.4 Å². The molecule has 21 heavy (non-hydrogen) atoms. The van der Waals surface area contributed by atoms with Crippen LogP contribution >= 0.6 is 0 Å². The summed E-state index contributed by atoms with van der Waals surface area (Å²) in [6.45, 7) is 2.05. The van der Waals surface area contributed by atoms with E-state index in [4.69, 9.17) is 0 Å². The highest BCUT2D eigenvalue weighted by atomic mass is 16.3. The molecule has 1 unspecified atom stereocenters. The lowest BCUT2D eigenvalue weighted by Gasteiger charge is -2.17. The number of fused-ring (bicyclic) bond motifs is 1. The molecule has 2 N–H and O–H groups in total. The van der Waals surface area contributed by atoms with Gasteiger partial charge in [-0.25, -0.2) is 0 Å². The van der Waals surface area contributed by atoms with E-state index >= 15 is 0 Å². The minimum Gasteiger partial charge on any atom is -0.388 e. The van der Waals surface area contributed by atoms with Crippen molar-refractivity contribution in [3.8, 4) is 0 Å². The summed E-state index contributed by atoms with van der Waals surface area (Å²) in [6, 6.07) is 20.4. The second kappa shape index (κ2) is 5.58. The molecule has 0 spiro atoms. The third-order valence-corrected chi connectivity index (χ3v) is 3.87. The first-order chi connectivity index (χ1) is 10.2. The molecule has 2 nitrogen and oxygen atoms in total. The Hall–Kier alpha value is -2.32. The van der Waals surface area contributed by atoms with Gasteiger partial charge < -0.3 is 10.4 Å². The maximum atomic E-state index is 10.7. The van der Waals surface area contributed by atoms with E-state index in [-0.39, 0.29) is 0 Å². The van der Waals surface area contributed by atoms with Crippen LogP contribution in [0.2, 0.25) is 0 Å². The number of benzene rings is 3.